The molecular weight excluding hydrogens is 344 g/mol. The Morgan fingerprint density at radius 3 is 2.41 bits per heavy atom. The monoisotopic (exact) mass is 364 g/mol. The molecule has 7 heteroatoms. The van der Waals surface area contributed by atoms with Crippen LogP contribution in [0.15, 0.2) is 47.5 Å². The van der Waals surface area contributed by atoms with Crippen molar-refractivity contribution in [3.63, 3.8) is 0 Å². The van der Waals surface area contributed by atoms with Crippen molar-refractivity contribution in [2.75, 3.05) is 14.2 Å². The standard InChI is InChI=1S/C20H20N4O3/c1-12-17(13-7-5-4-6-8-13)23-19-15(27-3)10-9-14(26-2)16(19)18(12)24-20(21)22-11-25/h4-11H,1-3H3,(H3,21,22,23,24,25). The molecule has 0 radical (unpaired) electrons. The highest BCUT2D eigenvalue weighted by molar-refractivity contribution is 6.04. The first-order valence-electron chi connectivity index (χ1n) is 8.25. The van der Waals surface area contributed by atoms with Crippen LogP contribution in [0.2, 0.25) is 0 Å². The molecule has 0 saturated heterocycles. The van der Waals surface area contributed by atoms with Crippen LogP contribution in [0.4, 0.5) is 5.69 Å². The number of nitrogens with one attached hydrogen (secondary N) is 1. The minimum absolute atomic E-state index is 0.0236. The number of hydrogen-bond donors (Lipinski definition) is 2. The van der Waals surface area contributed by atoms with Crippen LogP contribution in [0.1, 0.15) is 5.56 Å². The van der Waals surface area contributed by atoms with Gasteiger partial charge in [-0.25, -0.2) is 9.98 Å². The number of nitrogens with two attached hydrogens (primary N) is 1. The number of nitrogens with zero attached hydrogens (tertiary/aromatic N) is 2. The van der Waals surface area contributed by atoms with Gasteiger partial charge in [0.05, 0.1) is 31.0 Å². The van der Waals surface area contributed by atoms with E-state index >= 15 is 0 Å². The average molecular weight is 364 g/mol. The summed E-state index contributed by atoms with van der Waals surface area (Å²) in [6, 6.07) is 13.3. The number of amides is 1. The summed E-state index contributed by atoms with van der Waals surface area (Å²) >= 11 is 0. The number of carbonyl (C=O) groups excluding carboxylic acids is 1. The van der Waals surface area contributed by atoms with Crippen molar-refractivity contribution in [3.8, 4) is 22.8 Å². The lowest BCUT2D eigenvalue weighted by Crippen LogP contribution is -2.29. The van der Waals surface area contributed by atoms with Gasteiger partial charge in [0.2, 0.25) is 6.41 Å². The quantitative estimate of drug-likeness (QED) is 0.412. The lowest BCUT2D eigenvalue weighted by Gasteiger charge is -2.16. The number of hydrogen-bond acceptors (Lipinski definition) is 5. The van der Waals surface area contributed by atoms with Gasteiger partial charge in [0.15, 0.2) is 5.96 Å². The Hall–Kier alpha value is -3.61. The Morgan fingerprint density at radius 1 is 1.11 bits per heavy atom. The van der Waals surface area contributed by atoms with Gasteiger partial charge in [-0.1, -0.05) is 30.3 Å². The molecule has 0 saturated carbocycles. The lowest BCUT2D eigenvalue weighted by atomic mass is 10.0. The van der Waals surface area contributed by atoms with Crippen LogP contribution in [0.3, 0.4) is 0 Å². The number of methoxy groups -OCH3 is 2. The van der Waals surface area contributed by atoms with Crippen LogP contribution >= 0.6 is 0 Å². The molecule has 7 nitrogen and oxygen atoms in total. The molecule has 3 rings (SSSR count). The van der Waals surface area contributed by atoms with Gasteiger partial charge in [-0.3, -0.25) is 10.1 Å². The van der Waals surface area contributed by atoms with Gasteiger partial charge in [-0.2, -0.15) is 0 Å². The SMILES string of the molecule is COc1ccc(OC)c2c(N=C(N)NC=O)c(C)c(-c3ccccc3)nc12. The van der Waals surface area contributed by atoms with Crippen molar-refractivity contribution in [3.05, 3.63) is 48.0 Å². The third-order valence-electron chi connectivity index (χ3n) is 4.20. The number of ether oxygens (including phenoxy) is 2. The minimum atomic E-state index is -0.0236. The van der Waals surface area contributed by atoms with Crippen LogP contribution in [0, 0.1) is 6.92 Å². The molecule has 138 valence electrons. The van der Waals surface area contributed by atoms with E-state index in [1.54, 1.807) is 26.4 Å². The zero-order valence-corrected chi connectivity index (χ0v) is 15.3. The molecule has 0 bridgehead atoms. The van der Waals surface area contributed by atoms with Gasteiger partial charge in [0, 0.05) is 11.1 Å². The highest BCUT2D eigenvalue weighted by Gasteiger charge is 2.19. The van der Waals surface area contributed by atoms with Gasteiger partial charge in [-0.15, -0.1) is 0 Å². The van der Waals surface area contributed by atoms with Crippen molar-refractivity contribution in [2.45, 2.75) is 6.92 Å². The Kier molecular flexibility index (Phi) is 5.21. The first kappa shape index (κ1) is 18.2. The van der Waals surface area contributed by atoms with E-state index in [-0.39, 0.29) is 5.96 Å². The molecule has 1 heterocycles. The van der Waals surface area contributed by atoms with E-state index in [1.165, 1.54) is 0 Å². The fourth-order valence-corrected chi connectivity index (χ4v) is 2.95. The maximum absolute atomic E-state index is 10.7. The molecule has 3 aromatic rings. The molecular formula is C20H20N4O3. The smallest absolute Gasteiger partial charge is 0.213 e. The molecule has 0 aliphatic heterocycles. The summed E-state index contributed by atoms with van der Waals surface area (Å²) in [6.07, 6.45) is 0.480. The Labute approximate surface area is 156 Å². The summed E-state index contributed by atoms with van der Waals surface area (Å²) in [7, 11) is 3.15. The first-order valence-corrected chi connectivity index (χ1v) is 8.25. The summed E-state index contributed by atoms with van der Waals surface area (Å²) in [5.41, 5.74) is 9.47. The van der Waals surface area contributed by atoms with E-state index in [0.29, 0.717) is 34.5 Å². The molecule has 0 fully saturated rings. The molecule has 0 aliphatic rings. The number of rotatable bonds is 5. The number of fused-ring (bicyclic) bond motifs is 1. The second-order valence-electron chi connectivity index (χ2n) is 5.75. The predicted molar refractivity (Wildman–Crippen MR) is 106 cm³/mol. The van der Waals surface area contributed by atoms with Crippen molar-refractivity contribution in [1.29, 1.82) is 0 Å². The van der Waals surface area contributed by atoms with E-state index in [1.807, 2.05) is 37.3 Å². The molecule has 2 aromatic carbocycles. The molecule has 0 aliphatic carbocycles. The fraction of sp³-hybridized carbons (Fsp3) is 0.150. The number of aliphatic imine (C=N–C) groups is 1. The maximum Gasteiger partial charge on any atom is 0.213 e. The number of guanidine groups is 1. The summed E-state index contributed by atoms with van der Waals surface area (Å²) in [5.74, 6) is 1.14. The van der Waals surface area contributed by atoms with Crippen LogP contribution in [-0.4, -0.2) is 31.6 Å². The third kappa shape index (κ3) is 3.39. The molecule has 0 atom stereocenters. The summed E-state index contributed by atoms with van der Waals surface area (Å²) in [5, 5.41) is 3.02. The maximum atomic E-state index is 10.7. The van der Waals surface area contributed by atoms with Gasteiger partial charge in [-0.05, 0) is 19.1 Å². The largest absolute Gasteiger partial charge is 0.496 e. The van der Waals surface area contributed by atoms with E-state index in [9.17, 15) is 4.79 Å². The number of carbonyl (C=O) groups is 1. The van der Waals surface area contributed by atoms with Crippen LogP contribution < -0.4 is 20.5 Å². The molecule has 27 heavy (non-hydrogen) atoms. The summed E-state index contributed by atoms with van der Waals surface area (Å²) < 4.78 is 11.0. The second-order valence-corrected chi connectivity index (χ2v) is 5.75. The fourth-order valence-electron chi connectivity index (χ4n) is 2.95. The van der Waals surface area contributed by atoms with Gasteiger partial charge in [0.25, 0.3) is 0 Å². The van der Waals surface area contributed by atoms with E-state index in [0.717, 1.165) is 16.8 Å². The Bertz CT molecular complexity index is 1020. The first-order chi connectivity index (χ1) is 13.1. The normalized spacial score (nSPS) is 11.3. The number of benzene rings is 2. The lowest BCUT2D eigenvalue weighted by molar-refractivity contribution is -0.108. The molecule has 0 spiro atoms. The van der Waals surface area contributed by atoms with Crippen LogP contribution in [-0.2, 0) is 4.79 Å². The topological polar surface area (TPSA) is 98.8 Å². The molecule has 3 N–H and O–H groups in total. The number of aromatic nitrogens is 1. The van der Waals surface area contributed by atoms with E-state index in [2.05, 4.69) is 10.3 Å². The van der Waals surface area contributed by atoms with E-state index in [4.69, 9.17) is 20.2 Å². The summed E-state index contributed by atoms with van der Waals surface area (Å²) in [6.45, 7) is 1.90. The van der Waals surface area contributed by atoms with Crippen LogP contribution in [0.5, 0.6) is 11.5 Å². The summed E-state index contributed by atoms with van der Waals surface area (Å²) in [4.78, 5) is 20.0. The highest BCUT2D eigenvalue weighted by atomic mass is 16.5. The Balaban J connectivity index is 2.45. The molecule has 0 unspecified atom stereocenters. The number of pyridine rings is 1. The predicted octanol–water partition coefficient (Wildman–Crippen LogP) is 2.92. The van der Waals surface area contributed by atoms with Gasteiger partial charge in [0.1, 0.15) is 17.0 Å². The molecule has 1 aromatic heterocycles. The van der Waals surface area contributed by atoms with Gasteiger partial charge >= 0.3 is 0 Å². The van der Waals surface area contributed by atoms with Crippen molar-refractivity contribution < 1.29 is 14.3 Å². The minimum Gasteiger partial charge on any atom is -0.496 e. The zero-order valence-electron chi connectivity index (χ0n) is 15.3. The van der Waals surface area contributed by atoms with Gasteiger partial charge < -0.3 is 15.2 Å². The van der Waals surface area contributed by atoms with Crippen molar-refractivity contribution >= 4 is 29.0 Å². The van der Waals surface area contributed by atoms with E-state index < -0.39 is 0 Å². The highest BCUT2D eigenvalue weighted by Crippen LogP contribution is 2.43. The average Bonchev–Trinajstić information content (AvgIpc) is 2.69. The van der Waals surface area contributed by atoms with Crippen molar-refractivity contribution in [1.82, 2.24) is 10.3 Å². The van der Waals surface area contributed by atoms with Crippen LogP contribution in [0.25, 0.3) is 22.2 Å². The Morgan fingerprint density at radius 2 is 1.78 bits per heavy atom. The zero-order chi connectivity index (χ0) is 19.4. The second kappa shape index (κ2) is 7.74. The van der Waals surface area contributed by atoms with Crippen molar-refractivity contribution in [2.24, 2.45) is 10.7 Å². The molecule has 1 amide bonds. The third-order valence-corrected chi connectivity index (χ3v) is 4.20.